The molecule has 0 heterocycles. The van der Waals surface area contributed by atoms with Gasteiger partial charge in [-0.15, -0.1) is 0 Å². The Labute approximate surface area is 102 Å². The maximum Gasteiger partial charge on any atom is 0.139 e. The molecule has 2 aromatic carbocycles. The van der Waals surface area contributed by atoms with E-state index in [9.17, 15) is 4.39 Å². The molecule has 16 heavy (non-hydrogen) atoms. The van der Waals surface area contributed by atoms with E-state index in [4.69, 9.17) is 0 Å². The number of halogens is 2. The van der Waals surface area contributed by atoms with Crippen molar-refractivity contribution in [3.05, 3.63) is 69.9 Å². The molecule has 0 bridgehead atoms. The van der Waals surface area contributed by atoms with E-state index in [-0.39, 0.29) is 5.82 Å². The van der Waals surface area contributed by atoms with E-state index in [2.05, 4.69) is 27.8 Å². The molecule has 0 amide bonds. The smallest absolute Gasteiger partial charge is 0.139 e. The average molecular weight is 275 g/mol. The molecule has 0 aromatic heterocycles. The zero-order valence-electron chi connectivity index (χ0n) is 8.37. The van der Waals surface area contributed by atoms with Crippen LogP contribution in [0, 0.1) is 17.7 Å². The lowest BCUT2D eigenvalue weighted by atomic mass is 10.2. The van der Waals surface area contributed by atoms with E-state index in [1.807, 2.05) is 30.3 Å². The first-order valence-corrected chi connectivity index (χ1v) is 5.57. The summed E-state index contributed by atoms with van der Waals surface area (Å²) in [7, 11) is 0. The standard InChI is InChI=1S/C14H8BrF/c15-13-9-8-12(14(16)10-13)7-6-11-4-2-1-3-5-11/h1-5,8-10H. The van der Waals surface area contributed by atoms with Gasteiger partial charge in [-0.2, -0.15) is 0 Å². The van der Waals surface area contributed by atoms with E-state index in [1.165, 1.54) is 6.07 Å². The van der Waals surface area contributed by atoms with Crippen LogP contribution in [-0.2, 0) is 0 Å². The summed E-state index contributed by atoms with van der Waals surface area (Å²) in [4.78, 5) is 0. The van der Waals surface area contributed by atoms with Gasteiger partial charge in [0, 0.05) is 10.0 Å². The molecule has 0 fully saturated rings. The topological polar surface area (TPSA) is 0 Å². The maximum atomic E-state index is 13.4. The van der Waals surface area contributed by atoms with Gasteiger partial charge in [-0.3, -0.25) is 0 Å². The van der Waals surface area contributed by atoms with Crippen LogP contribution in [0.1, 0.15) is 11.1 Å². The highest BCUT2D eigenvalue weighted by Crippen LogP contribution is 2.14. The first-order valence-electron chi connectivity index (χ1n) is 4.78. The number of benzene rings is 2. The first-order chi connectivity index (χ1) is 7.75. The second kappa shape index (κ2) is 4.96. The molecule has 78 valence electrons. The third-order valence-electron chi connectivity index (χ3n) is 2.05. The average Bonchev–Trinajstić information content (AvgIpc) is 2.29. The minimum absolute atomic E-state index is 0.308. The summed E-state index contributed by atoms with van der Waals surface area (Å²) in [5.74, 6) is 5.42. The Hall–Kier alpha value is -1.59. The van der Waals surface area contributed by atoms with Gasteiger partial charge in [-0.25, -0.2) is 4.39 Å². The van der Waals surface area contributed by atoms with Crippen LogP contribution in [0.25, 0.3) is 0 Å². The molecule has 2 heteroatoms. The molecule has 2 rings (SSSR count). The van der Waals surface area contributed by atoms with Crippen LogP contribution in [0.3, 0.4) is 0 Å². The molecule has 0 nitrogen and oxygen atoms in total. The Bertz CT molecular complexity index is 550. The van der Waals surface area contributed by atoms with E-state index in [0.29, 0.717) is 5.56 Å². The van der Waals surface area contributed by atoms with Crippen molar-refractivity contribution in [1.82, 2.24) is 0 Å². The van der Waals surface area contributed by atoms with Gasteiger partial charge in [0.1, 0.15) is 5.82 Å². The van der Waals surface area contributed by atoms with Crippen molar-refractivity contribution in [2.75, 3.05) is 0 Å². The van der Waals surface area contributed by atoms with Gasteiger partial charge >= 0.3 is 0 Å². The molecule has 0 saturated carbocycles. The monoisotopic (exact) mass is 274 g/mol. The number of hydrogen-bond donors (Lipinski definition) is 0. The van der Waals surface area contributed by atoms with E-state index >= 15 is 0 Å². The van der Waals surface area contributed by atoms with Gasteiger partial charge in [-0.05, 0) is 30.3 Å². The number of rotatable bonds is 0. The van der Waals surface area contributed by atoms with Crippen molar-refractivity contribution in [2.24, 2.45) is 0 Å². The summed E-state index contributed by atoms with van der Waals surface area (Å²) >= 11 is 3.20. The number of hydrogen-bond acceptors (Lipinski definition) is 0. The van der Waals surface area contributed by atoms with Gasteiger partial charge in [-0.1, -0.05) is 46.0 Å². The molecule has 0 saturated heterocycles. The lowest BCUT2D eigenvalue weighted by molar-refractivity contribution is 0.623. The van der Waals surface area contributed by atoms with Crippen LogP contribution < -0.4 is 0 Å². The Kier molecular flexibility index (Phi) is 3.38. The van der Waals surface area contributed by atoms with Crippen molar-refractivity contribution in [2.45, 2.75) is 0 Å². The largest absolute Gasteiger partial charge is 0.206 e. The predicted octanol–water partition coefficient (Wildman–Crippen LogP) is 3.99. The van der Waals surface area contributed by atoms with Crippen LogP contribution >= 0.6 is 15.9 Å². The third-order valence-corrected chi connectivity index (χ3v) is 2.54. The van der Waals surface area contributed by atoms with Crippen LogP contribution in [0.4, 0.5) is 4.39 Å². The highest BCUT2D eigenvalue weighted by Gasteiger charge is 1.98. The summed E-state index contributed by atoms with van der Waals surface area (Å²) < 4.78 is 14.1. The van der Waals surface area contributed by atoms with Crippen LogP contribution in [0.15, 0.2) is 53.0 Å². The Morgan fingerprint density at radius 2 is 1.69 bits per heavy atom. The Balaban J connectivity index is 2.31. The normalized spacial score (nSPS) is 9.38. The third kappa shape index (κ3) is 2.71. The fourth-order valence-corrected chi connectivity index (χ4v) is 1.58. The summed E-state index contributed by atoms with van der Waals surface area (Å²) in [5, 5.41) is 0. The minimum atomic E-state index is -0.308. The first kappa shape index (κ1) is 10.9. The Morgan fingerprint density at radius 3 is 2.38 bits per heavy atom. The zero-order chi connectivity index (χ0) is 11.4. The molecular weight excluding hydrogens is 267 g/mol. The van der Waals surface area contributed by atoms with Crippen molar-refractivity contribution in [1.29, 1.82) is 0 Å². The van der Waals surface area contributed by atoms with Gasteiger partial charge in [0.2, 0.25) is 0 Å². The van der Waals surface area contributed by atoms with Gasteiger partial charge in [0.05, 0.1) is 5.56 Å². The highest BCUT2D eigenvalue weighted by atomic mass is 79.9. The van der Waals surface area contributed by atoms with Crippen molar-refractivity contribution in [3.63, 3.8) is 0 Å². The second-order valence-electron chi connectivity index (χ2n) is 3.24. The lowest BCUT2D eigenvalue weighted by Gasteiger charge is -1.94. The van der Waals surface area contributed by atoms with Crippen molar-refractivity contribution in [3.8, 4) is 11.8 Å². The lowest BCUT2D eigenvalue weighted by Crippen LogP contribution is -1.82. The Morgan fingerprint density at radius 1 is 0.938 bits per heavy atom. The van der Waals surface area contributed by atoms with Gasteiger partial charge < -0.3 is 0 Å². The van der Waals surface area contributed by atoms with Crippen LogP contribution in [-0.4, -0.2) is 0 Å². The minimum Gasteiger partial charge on any atom is -0.206 e. The molecule has 0 aliphatic heterocycles. The van der Waals surface area contributed by atoms with Gasteiger partial charge in [0.25, 0.3) is 0 Å². The molecular formula is C14H8BrF. The van der Waals surface area contributed by atoms with E-state index < -0.39 is 0 Å². The summed E-state index contributed by atoms with van der Waals surface area (Å²) in [6, 6.07) is 14.4. The SMILES string of the molecule is Fc1cc(Br)ccc1C#Cc1ccccc1. The van der Waals surface area contributed by atoms with Crippen molar-refractivity contribution < 1.29 is 4.39 Å². The highest BCUT2D eigenvalue weighted by molar-refractivity contribution is 9.10. The predicted molar refractivity (Wildman–Crippen MR) is 66.5 cm³/mol. The quantitative estimate of drug-likeness (QED) is 0.638. The zero-order valence-corrected chi connectivity index (χ0v) is 9.96. The molecule has 0 atom stereocenters. The van der Waals surface area contributed by atoms with Crippen molar-refractivity contribution >= 4 is 15.9 Å². The molecule has 2 aromatic rings. The van der Waals surface area contributed by atoms with E-state index in [0.717, 1.165) is 10.0 Å². The molecule has 0 aliphatic rings. The van der Waals surface area contributed by atoms with Crippen LogP contribution in [0.2, 0.25) is 0 Å². The van der Waals surface area contributed by atoms with Crippen LogP contribution in [0.5, 0.6) is 0 Å². The fraction of sp³-hybridized carbons (Fsp3) is 0. The summed E-state index contributed by atoms with van der Waals surface area (Å²) in [5.41, 5.74) is 1.29. The summed E-state index contributed by atoms with van der Waals surface area (Å²) in [6.07, 6.45) is 0. The second-order valence-corrected chi connectivity index (χ2v) is 4.16. The molecule has 0 aliphatic carbocycles. The molecule has 0 N–H and O–H groups in total. The fourth-order valence-electron chi connectivity index (χ4n) is 1.25. The molecule has 0 unspecified atom stereocenters. The summed E-state index contributed by atoms with van der Waals surface area (Å²) in [6.45, 7) is 0. The van der Waals surface area contributed by atoms with E-state index in [1.54, 1.807) is 12.1 Å². The molecule has 0 radical (unpaired) electrons. The maximum absolute atomic E-state index is 13.4. The van der Waals surface area contributed by atoms with Gasteiger partial charge in [0.15, 0.2) is 0 Å². The molecule has 0 spiro atoms.